The number of thioether (sulfide) groups is 1. The highest BCUT2D eigenvalue weighted by atomic mass is 35.5. The maximum absolute atomic E-state index is 12.0. The van der Waals surface area contributed by atoms with E-state index < -0.39 is 0 Å². The molecule has 0 bridgehead atoms. The van der Waals surface area contributed by atoms with Crippen LogP contribution in [0.4, 0.5) is 5.82 Å². The quantitative estimate of drug-likeness (QED) is 0.756. The van der Waals surface area contributed by atoms with Crippen molar-refractivity contribution in [1.29, 1.82) is 10.5 Å². The highest BCUT2D eigenvalue weighted by molar-refractivity contribution is 8.00. The fraction of sp³-hybridized carbons (Fsp3) is 0.125. The highest BCUT2D eigenvalue weighted by Gasteiger charge is 2.12. The molecule has 0 spiro atoms. The van der Waals surface area contributed by atoms with Crippen molar-refractivity contribution in [2.24, 2.45) is 0 Å². The number of hydrogen-bond acceptors (Lipinski definition) is 6. The first kappa shape index (κ1) is 18.9. The van der Waals surface area contributed by atoms with Gasteiger partial charge in [0.05, 0.1) is 26.9 Å². The van der Waals surface area contributed by atoms with E-state index in [1.54, 1.807) is 18.2 Å². The highest BCUT2D eigenvalue weighted by Crippen LogP contribution is 2.24. The smallest absolute Gasteiger partial charge is 0.230 e. The zero-order valence-electron chi connectivity index (χ0n) is 12.7. The van der Waals surface area contributed by atoms with Crippen LogP contribution in [0.3, 0.4) is 0 Å². The average molecular weight is 392 g/mol. The van der Waals surface area contributed by atoms with Crippen LogP contribution in [0.15, 0.2) is 29.3 Å². The molecule has 6 nitrogen and oxygen atoms in total. The Hall–Kier alpha value is -2.45. The Balaban J connectivity index is 1.96. The average Bonchev–Trinajstić information content (AvgIpc) is 2.61. The molecule has 2 rings (SSSR count). The Morgan fingerprint density at radius 2 is 1.92 bits per heavy atom. The second-order valence-corrected chi connectivity index (χ2v) is 6.59. The van der Waals surface area contributed by atoms with E-state index in [0.29, 0.717) is 21.6 Å². The van der Waals surface area contributed by atoms with Gasteiger partial charge in [-0.2, -0.15) is 10.5 Å². The molecule has 1 amide bonds. The van der Waals surface area contributed by atoms with Gasteiger partial charge >= 0.3 is 0 Å². The van der Waals surface area contributed by atoms with Crippen LogP contribution in [-0.2, 0) is 11.3 Å². The zero-order valence-corrected chi connectivity index (χ0v) is 15.0. The van der Waals surface area contributed by atoms with Gasteiger partial charge in [-0.1, -0.05) is 41.0 Å². The molecule has 25 heavy (non-hydrogen) atoms. The number of benzene rings is 1. The summed E-state index contributed by atoms with van der Waals surface area (Å²) in [5.74, 6) is -0.168. The molecule has 0 unspecified atom stereocenters. The molecule has 0 aliphatic carbocycles. The van der Waals surface area contributed by atoms with Crippen LogP contribution in [0, 0.1) is 22.7 Å². The summed E-state index contributed by atoms with van der Waals surface area (Å²) in [4.78, 5) is 16.0. The monoisotopic (exact) mass is 391 g/mol. The molecule has 1 aromatic carbocycles. The van der Waals surface area contributed by atoms with Gasteiger partial charge in [0, 0.05) is 6.54 Å². The Kier molecular flexibility index (Phi) is 6.49. The third-order valence-corrected chi connectivity index (χ3v) is 4.80. The lowest BCUT2D eigenvalue weighted by atomic mass is 10.2. The molecule has 1 aromatic heterocycles. The van der Waals surface area contributed by atoms with Crippen molar-refractivity contribution in [2.45, 2.75) is 11.6 Å². The van der Waals surface area contributed by atoms with Gasteiger partial charge in [-0.05, 0) is 23.8 Å². The standard InChI is InChI=1S/C16H11Cl2N5OS/c17-12-2-1-9(3-13(12)18)7-22-14(24)8-25-16-11(6-20)4-10(5-19)15(21)23-16/h1-4H,7-8H2,(H2,21,23)(H,22,24). The van der Waals surface area contributed by atoms with Crippen LogP contribution < -0.4 is 11.1 Å². The van der Waals surface area contributed by atoms with Crippen molar-refractivity contribution >= 4 is 46.7 Å². The zero-order chi connectivity index (χ0) is 18.4. The summed E-state index contributed by atoms with van der Waals surface area (Å²) >= 11 is 12.8. The van der Waals surface area contributed by atoms with Gasteiger partial charge in [-0.25, -0.2) is 4.98 Å². The Morgan fingerprint density at radius 1 is 1.20 bits per heavy atom. The molecular formula is C16H11Cl2N5OS. The summed E-state index contributed by atoms with van der Waals surface area (Å²) in [6.07, 6.45) is 0. The summed E-state index contributed by atoms with van der Waals surface area (Å²) in [6, 6.07) is 10.3. The van der Waals surface area contributed by atoms with Crippen LogP contribution in [0.5, 0.6) is 0 Å². The number of nitrogen functional groups attached to an aromatic ring is 1. The fourth-order valence-corrected chi connectivity index (χ4v) is 2.94. The van der Waals surface area contributed by atoms with Crippen molar-refractivity contribution < 1.29 is 4.79 Å². The van der Waals surface area contributed by atoms with Crippen LogP contribution in [0.1, 0.15) is 16.7 Å². The van der Waals surface area contributed by atoms with Gasteiger partial charge < -0.3 is 11.1 Å². The second kappa shape index (κ2) is 8.59. The molecule has 1 heterocycles. The molecule has 126 valence electrons. The third-order valence-electron chi connectivity index (χ3n) is 3.07. The second-order valence-electron chi connectivity index (χ2n) is 4.81. The maximum atomic E-state index is 12.0. The summed E-state index contributed by atoms with van der Waals surface area (Å²) in [6.45, 7) is 0.296. The number of nitrogens with one attached hydrogen (secondary N) is 1. The number of amides is 1. The number of carbonyl (C=O) groups excluding carboxylic acids is 1. The minimum absolute atomic E-state index is 0.0280. The van der Waals surface area contributed by atoms with Crippen LogP contribution >= 0.6 is 35.0 Å². The molecule has 0 saturated heterocycles. The molecule has 9 heteroatoms. The topological polar surface area (TPSA) is 116 Å². The van der Waals surface area contributed by atoms with Crippen molar-refractivity contribution in [2.75, 3.05) is 11.5 Å². The number of halogens is 2. The van der Waals surface area contributed by atoms with Gasteiger partial charge in [-0.15, -0.1) is 0 Å². The number of nitriles is 2. The number of rotatable bonds is 5. The SMILES string of the molecule is N#Cc1cc(C#N)c(SCC(=O)NCc2ccc(Cl)c(Cl)c2)nc1N. The fourth-order valence-electron chi connectivity index (χ4n) is 1.82. The molecule has 0 saturated carbocycles. The van der Waals surface area contributed by atoms with E-state index in [9.17, 15) is 4.79 Å². The molecular weight excluding hydrogens is 381 g/mol. The van der Waals surface area contributed by atoms with E-state index in [1.807, 2.05) is 12.1 Å². The van der Waals surface area contributed by atoms with Gasteiger partial charge in [0.2, 0.25) is 5.91 Å². The van der Waals surface area contributed by atoms with Gasteiger partial charge in [0.15, 0.2) is 0 Å². The first-order valence-corrected chi connectivity index (χ1v) is 8.63. The maximum Gasteiger partial charge on any atom is 0.230 e. The Labute approximate surface area is 158 Å². The Bertz CT molecular complexity index is 905. The summed E-state index contributed by atoms with van der Waals surface area (Å²) in [5, 5.41) is 21.9. The molecule has 0 radical (unpaired) electrons. The minimum Gasteiger partial charge on any atom is -0.383 e. The summed E-state index contributed by atoms with van der Waals surface area (Å²) in [7, 11) is 0. The van der Waals surface area contributed by atoms with Crippen LogP contribution in [-0.4, -0.2) is 16.6 Å². The lowest BCUT2D eigenvalue weighted by Gasteiger charge is -2.08. The first-order valence-electron chi connectivity index (χ1n) is 6.88. The molecule has 2 aromatic rings. The van der Waals surface area contributed by atoms with E-state index in [2.05, 4.69) is 10.3 Å². The van der Waals surface area contributed by atoms with Crippen LogP contribution in [0.2, 0.25) is 10.0 Å². The van der Waals surface area contributed by atoms with E-state index in [1.165, 1.54) is 6.07 Å². The number of pyridine rings is 1. The number of carbonyl (C=O) groups is 1. The van der Waals surface area contributed by atoms with Crippen LogP contribution in [0.25, 0.3) is 0 Å². The predicted molar refractivity (Wildman–Crippen MR) is 97.1 cm³/mol. The van der Waals surface area contributed by atoms with E-state index in [4.69, 9.17) is 39.5 Å². The normalized spacial score (nSPS) is 9.92. The van der Waals surface area contributed by atoms with Crippen molar-refractivity contribution in [3.8, 4) is 12.1 Å². The number of anilines is 1. The Morgan fingerprint density at radius 3 is 2.56 bits per heavy atom. The van der Waals surface area contributed by atoms with Crippen molar-refractivity contribution in [3.63, 3.8) is 0 Å². The molecule has 0 fully saturated rings. The van der Waals surface area contributed by atoms with E-state index in [-0.39, 0.29) is 28.6 Å². The summed E-state index contributed by atoms with van der Waals surface area (Å²) in [5.41, 5.74) is 6.79. The van der Waals surface area contributed by atoms with Crippen molar-refractivity contribution in [1.82, 2.24) is 10.3 Å². The summed E-state index contributed by atoms with van der Waals surface area (Å²) < 4.78 is 0. The van der Waals surface area contributed by atoms with Crippen molar-refractivity contribution in [3.05, 3.63) is 51.0 Å². The lowest BCUT2D eigenvalue weighted by Crippen LogP contribution is -2.24. The van der Waals surface area contributed by atoms with Gasteiger partial charge in [0.1, 0.15) is 23.0 Å². The number of aromatic nitrogens is 1. The number of nitrogens with two attached hydrogens (primary N) is 1. The molecule has 0 atom stereocenters. The number of nitrogens with zero attached hydrogens (tertiary/aromatic N) is 3. The first-order chi connectivity index (χ1) is 11.9. The van der Waals surface area contributed by atoms with E-state index >= 15 is 0 Å². The molecule has 3 N–H and O–H groups in total. The molecule has 0 aliphatic rings. The predicted octanol–water partition coefficient (Wildman–Crippen LogP) is 3.12. The minimum atomic E-state index is -0.246. The number of hydrogen-bond donors (Lipinski definition) is 2. The van der Waals surface area contributed by atoms with E-state index in [0.717, 1.165) is 17.3 Å². The van der Waals surface area contributed by atoms with Gasteiger partial charge in [-0.3, -0.25) is 4.79 Å². The largest absolute Gasteiger partial charge is 0.383 e. The third kappa shape index (κ3) is 5.01. The molecule has 0 aliphatic heterocycles. The van der Waals surface area contributed by atoms with Gasteiger partial charge in [0.25, 0.3) is 0 Å². The lowest BCUT2D eigenvalue weighted by molar-refractivity contribution is -0.118.